The highest BCUT2D eigenvalue weighted by Crippen LogP contribution is 2.18. The van der Waals surface area contributed by atoms with E-state index in [-0.39, 0.29) is 24.7 Å². The van der Waals surface area contributed by atoms with Crippen LogP contribution in [0.5, 0.6) is 5.75 Å². The van der Waals surface area contributed by atoms with Gasteiger partial charge in [0.15, 0.2) is 0 Å². The lowest BCUT2D eigenvalue weighted by Crippen LogP contribution is -2.24. The summed E-state index contributed by atoms with van der Waals surface area (Å²) in [7, 11) is 1.57. The minimum atomic E-state index is -0.210. The minimum absolute atomic E-state index is 0.114. The molecule has 2 aromatic rings. The molecule has 0 bridgehead atoms. The third-order valence-corrected chi connectivity index (χ3v) is 4.12. The summed E-state index contributed by atoms with van der Waals surface area (Å²) >= 11 is 0. The van der Waals surface area contributed by atoms with Gasteiger partial charge < -0.3 is 10.1 Å². The maximum absolute atomic E-state index is 12.3. The van der Waals surface area contributed by atoms with E-state index in [9.17, 15) is 9.59 Å². The zero-order chi connectivity index (χ0) is 18.4. The number of hydrazone groups is 1. The van der Waals surface area contributed by atoms with E-state index in [4.69, 9.17) is 4.74 Å². The zero-order valence-electron chi connectivity index (χ0n) is 14.6. The highest BCUT2D eigenvalue weighted by molar-refractivity contribution is 6.02. The van der Waals surface area contributed by atoms with Crippen LogP contribution in [0.3, 0.4) is 0 Å². The number of nitrogens with zero attached hydrogens (tertiary/aromatic N) is 2. The van der Waals surface area contributed by atoms with Crippen LogP contribution in [-0.4, -0.2) is 36.2 Å². The van der Waals surface area contributed by atoms with Crippen molar-refractivity contribution in [1.29, 1.82) is 0 Å². The monoisotopic (exact) mass is 351 g/mol. The van der Waals surface area contributed by atoms with Crippen LogP contribution in [0.15, 0.2) is 59.7 Å². The Hall–Kier alpha value is -3.15. The Morgan fingerprint density at radius 3 is 2.69 bits per heavy atom. The van der Waals surface area contributed by atoms with Crippen molar-refractivity contribution in [1.82, 2.24) is 5.01 Å². The number of carbonyl (C=O) groups is 2. The van der Waals surface area contributed by atoms with E-state index in [1.807, 2.05) is 30.3 Å². The molecular formula is C20H21N3O3. The van der Waals surface area contributed by atoms with Gasteiger partial charge in [0, 0.05) is 31.0 Å². The maximum Gasteiger partial charge on any atom is 0.243 e. The summed E-state index contributed by atoms with van der Waals surface area (Å²) in [5, 5.41) is 8.63. The Morgan fingerprint density at radius 1 is 1.12 bits per heavy atom. The molecule has 26 heavy (non-hydrogen) atoms. The molecule has 0 atom stereocenters. The Kier molecular flexibility index (Phi) is 5.63. The topological polar surface area (TPSA) is 71.0 Å². The van der Waals surface area contributed by atoms with Crippen LogP contribution < -0.4 is 10.1 Å². The summed E-state index contributed by atoms with van der Waals surface area (Å²) in [6.45, 7) is 0.556. The average Bonchev–Trinajstić information content (AvgIpc) is 3.17. The molecule has 6 heteroatoms. The summed E-state index contributed by atoms with van der Waals surface area (Å²) < 4.78 is 5.12. The molecule has 0 aromatic heterocycles. The number of benzene rings is 2. The maximum atomic E-state index is 12.3. The Bertz CT molecular complexity index is 818. The summed E-state index contributed by atoms with van der Waals surface area (Å²) in [4.78, 5) is 24.4. The van der Waals surface area contributed by atoms with Crippen LogP contribution in [0.1, 0.15) is 24.8 Å². The van der Waals surface area contributed by atoms with Crippen LogP contribution in [0.2, 0.25) is 0 Å². The van der Waals surface area contributed by atoms with Crippen molar-refractivity contribution < 1.29 is 14.3 Å². The molecule has 1 N–H and O–H groups in total. The van der Waals surface area contributed by atoms with Gasteiger partial charge in [-0.2, -0.15) is 5.10 Å². The molecule has 0 unspecified atom stereocenters. The van der Waals surface area contributed by atoms with Gasteiger partial charge in [0.2, 0.25) is 11.8 Å². The highest BCUT2D eigenvalue weighted by Gasteiger charge is 2.21. The standard InChI is InChI=1S/C20H21N3O3/c1-26-17-9-5-8-16(14-17)21-19(24)10-11-20(25)23-13-12-18(22-23)15-6-3-2-4-7-15/h2-9,14H,10-13H2,1H3,(H,21,24). The lowest BCUT2D eigenvalue weighted by atomic mass is 10.1. The minimum Gasteiger partial charge on any atom is -0.497 e. The number of hydrogen-bond acceptors (Lipinski definition) is 4. The van der Waals surface area contributed by atoms with Gasteiger partial charge in [-0.1, -0.05) is 36.4 Å². The van der Waals surface area contributed by atoms with E-state index in [1.165, 1.54) is 5.01 Å². The molecule has 6 nitrogen and oxygen atoms in total. The van der Waals surface area contributed by atoms with Crippen LogP contribution >= 0.6 is 0 Å². The molecule has 0 spiro atoms. The fourth-order valence-corrected chi connectivity index (χ4v) is 2.74. The number of hydrogen-bond donors (Lipinski definition) is 1. The van der Waals surface area contributed by atoms with Gasteiger partial charge in [-0.25, -0.2) is 5.01 Å². The van der Waals surface area contributed by atoms with E-state index in [0.29, 0.717) is 18.0 Å². The molecule has 1 heterocycles. The molecule has 2 aromatic carbocycles. The van der Waals surface area contributed by atoms with Gasteiger partial charge in [-0.05, 0) is 17.7 Å². The van der Waals surface area contributed by atoms with Gasteiger partial charge in [-0.3, -0.25) is 9.59 Å². The third-order valence-electron chi connectivity index (χ3n) is 4.12. The number of anilines is 1. The van der Waals surface area contributed by atoms with Crippen molar-refractivity contribution in [2.45, 2.75) is 19.3 Å². The number of methoxy groups -OCH3 is 1. The van der Waals surface area contributed by atoms with Crippen molar-refractivity contribution in [2.24, 2.45) is 5.10 Å². The number of ether oxygens (including phenoxy) is 1. The number of rotatable bonds is 6. The second-order valence-electron chi connectivity index (χ2n) is 5.96. The number of amides is 2. The number of nitrogens with one attached hydrogen (secondary N) is 1. The molecule has 1 aliphatic heterocycles. The zero-order valence-corrected chi connectivity index (χ0v) is 14.6. The number of carbonyl (C=O) groups excluding carboxylic acids is 2. The smallest absolute Gasteiger partial charge is 0.243 e. The van der Waals surface area contributed by atoms with Crippen molar-refractivity contribution in [3.05, 3.63) is 60.2 Å². The SMILES string of the molecule is COc1cccc(NC(=O)CCC(=O)N2CCC(c3ccccc3)=N2)c1. The second kappa shape index (κ2) is 8.29. The third kappa shape index (κ3) is 4.47. The Morgan fingerprint density at radius 2 is 1.92 bits per heavy atom. The van der Waals surface area contributed by atoms with Gasteiger partial charge in [0.25, 0.3) is 0 Å². The summed E-state index contributed by atoms with van der Waals surface area (Å²) in [5.41, 5.74) is 2.57. The quantitative estimate of drug-likeness (QED) is 0.869. The summed E-state index contributed by atoms with van der Waals surface area (Å²) in [5.74, 6) is 0.313. The predicted octanol–water partition coefficient (Wildman–Crippen LogP) is 3.05. The Balaban J connectivity index is 1.51. The van der Waals surface area contributed by atoms with E-state index in [1.54, 1.807) is 31.4 Å². The van der Waals surface area contributed by atoms with Crippen LogP contribution in [0.25, 0.3) is 0 Å². The first kappa shape index (κ1) is 17.7. The van der Waals surface area contributed by atoms with Crippen molar-refractivity contribution in [3.63, 3.8) is 0 Å². The molecule has 0 saturated heterocycles. The largest absolute Gasteiger partial charge is 0.497 e. The summed E-state index contributed by atoms with van der Waals surface area (Å²) in [6.07, 6.45) is 0.968. The molecular weight excluding hydrogens is 330 g/mol. The lowest BCUT2D eigenvalue weighted by Gasteiger charge is -2.11. The highest BCUT2D eigenvalue weighted by atomic mass is 16.5. The van der Waals surface area contributed by atoms with Crippen LogP contribution in [0.4, 0.5) is 5.69 Å². The van der Waals surface area contributed by atoms with Crippen molar-refractivity contribution in [2.75, 3.05) is 19.0 Å². The molecule has 3 rings (SSSR count). The second-order valence-corrected chi connectivity index (χ2v) is 5.96. The molecule has 0 radical (unpaired) electrons. The Labute approximate surface area is 152 Å². The van der Waals surface area contributed by atoms with E-state index >= 15 is 0 Å². The fraction of sp³-hybridized carbons (Fsp3) is 0.250. The van der Waals surface area contributed by atoms with Crippen molar-refractivity contribution in [3.8, 4) is 5.75 Å². The van der Waals surface area contributed by atoms with Gasteiger partial charge >= 0.3 is 0 Å². The lowest BCUT2D eigenvalue weighted by molar-refractivity contribution is -0.132. The van der Waals surface area contributed by atoms with Gasteiger partial charge in [-0.15, -0.1) is 0 Å². The molecule has 0 aliphatic carbocycles. The molecule has 0 saturated carbocycles. The van der Waals surface area contributed by atoms with Gasteiger partial charge in [0.05, 0.1) is 19.4 Å². The molecule has 0 fully saturated rings. The average molecular weight is 351 g/mol. The van der Waals surface area contributed by atoms with E-state index in [2.05, 4.69) is 10.4 Å². The molecule has 134 valence electrons. The van der Waals surface area contributed by atoms with Gasteiger partial charge in [0.1, 0.15) is 5.75 Å². The van der Waals surface area contributed by atoms with Crippen molar-refractivity contribution >= 4 is 23.2 Å². The molecule has 1 aliphatic rings. The normalized spacial score (nSPS) is 13.3. The fourth-order valence-electron chi connectivity index (χ4n) is 2.74. The first-order valence-electron chi connectivity index (χ1n) is 8.53. The summed E-state index contributed by atoms with van der Waals surface area (Å²) in [6, 6.07) is 16.9. The van der Waals surface area contributed by atoms with Crippen LogP contribution in [0, 0.1) is 0 Å². The van der Waals surface area contributed by atoms with E-state index < -0.39 is 0 Å². The first-order chi connectivity index (χ1) is 12.7. The first-order valence-corrected chi connectivity index (χ1v) is 8.53. The van der Waals surface area contributed by atoms with Crippen LogP contribution in [-0.2, 0) is 9.59 Å². The van der Waals surface area contributed by atoms with E-state index in [0.717, 1.165) is 17.7 Å². The molecule has 2 amide bonds. The predicted molar refractivity (Wildman–Crippen MR) is 100 cm³/mol.